The highest BCUT2D eigenvalue weighted by Gasteiger charge is 2.46. The third-order valence-corrected chi connectivity index (χ3v) is 8.53. The average molecular weight is 484 g/mol. The molecule has 36 heavy (non-hydrogen) atoms. The molecular formula is C29H33N5O2. The van der Waals surface area contributed by atoms with Gasteiger partial charge in [-0.05, 0) is 60.9 Å². The third-order valence-electron chi connectivity index (χ3n) is 8.53. The van der Waals surface area contributed by atoms with Crippen LogP contribution in [0.2, 0.25) is 0 Å². The van der Waals surface area contributed by atoms with Crippen molar-refractivity contribution in [2.24, 2.45) is 11.3 Å². The zero-order valence-corrected chi connectivity index (χ0v) is 20.6. The lowest BCUT2D eigenvalue weighted by molar-refractivity contribution is 0.131. The van der Waals surface area contributed by atoms with Gasteiger partial charge >= 0.3 is 0 Å². The summed E-state index contributed by atoms with van der Waals surface area (Å²) in [6.07, 6.45) is 10.8. The van der Waals surface area contributed by atoms with Gasteiger partial charge in [-0.25, -0.2) is 0 Å². The number of anilines is 1. The lowest BCUT2D eigenvalue weighted by Gasteiger charge is -2.48. The van der Waals surface area contributed by atoms with Crippen molar-refractivity contribution in [3.05, 3.63) is 70.5 Å². The summed E-state index contributed by atoms with van der Waals surface area (Å²) in [7, 11) is 0. The van der Waals surface area contributed by atoms with E-state index in [1.54, 1.807) is 10.8 Å². The lowest BCUT2D eigenvalue weighted by atomic mass is 9.79. The van der Waals surface area contributed by atoms with E-state index in [0.29, 0.717) is 17.3 Å². The highest BCUT2D eigenvalue weighted by atomic mass is 16.5. The predicted molar refractivity (Wildman–Crippen MR) is 143 cm³/mol. The monoisotopic (exact) mass is 483 g/mol. The number of benzene rings is 1. The van der Waals surface area contributed by atoms with Gasteiger partial charge in [0.25, 0.3) is 5.56 Å². The largest absolute Gasteiger partial charge is 0.381 e. The van der Waals surface area contributed by atoms with Crippen molar-refractivity contribution in [2.45, 2.75) is 38.8 Å². The summed E-state index contributed by atoms with van der Waals surface area (Å²) in [6, 6.07) is 10.7. The van der Waals surface area contributed by atoms with Gasteiger partial charge in [0.05, 0.1) is 30.4 Å². The lowest BCUT2D eigenvalue weighted by Crippen LogP contribution is -2.57. The number of H-pyrrole nitrogens is 1. The minimum absolute atomic E-state index is 0.00810. The molecule has 3 aromatic heterocycles. The Kier molecular flexibility index (Phi) is 5.36. The van der Waals surface area contributed by atoms with Gasteiger partial charge in [-0.3, -0.25) is 9.78 Å². The number of rotatable bonds is 7. The van der Waals surface area contributed by atoms with Gasteiger partial charge in [0.1, 0.15) is 0 Å². The Labute approximate surface area is 210 Å². The van der Waals surface area contributed by atoms with E-state index in [-0.39, 0.29) is 5.56 Å². The van der Waals surface area contributed by atoms with Crippen LogP contribution < -0.4 is 15.8 Å². The molecule has 0 unspecified atom stereocenters. The zero-order chi connectivity index (χ0) is 24.1. The molecule has 3 fully saturated rings. The first-order valence-electron chi connectivity index (χ1n) is 13.3. The molecule has 0 bridgehead atoms. The smallest absolute Gasteiger partial charge is 0.260 e. The number of fused-ring (bicyclic) bond motifs is 2. The third kappa shape index (κ3) is 3.91. The molecule has 2 aliphatic heterocycles. The number of pyridine rings is 2. The molecule has 4 aromatic rings. The van der Waals surface area contributed by atoms with E-state index >= 15 is 0 Å². The first kappa shape index (κ1) is 22.1. The number of aromatic nitrogens is 3. The summed E-state index contributed by atoms with van der Waals surface area (Å²) < 4.78 is 7.42. The number of hydrogen-bond acceptors (Lipinski definition) is 5. The topological polar surface area (TPSA) is 75.2 Å². The summed E-state index contributed by atoms with van der Waals surface area (Å²) in [5, 5.41) is 6.46. The van der Waals surface area contributed by atoms with Gasteiger partial charge in [0, 0.05) is 60.6 Å². The van der Waals surface area contributed by atoms with Crippen molar-refractivity contribution in [2.75, 3.05) is 37.7 Å². The molecule has 7 nitrogen and oxygen atoms in total. The highest BCUT2D eigenvalue weighted by molar-refractivity contribution is 5.93. The van der Waals surface area contributed by atoms with Gasteiger partial charge in [-0.2, -0.15) is 0 Å². The zero-order valence-electron chi connectivity index (χ0n) is 20.6. The maximum absolute atomic E-state index is 13.4. The fraction of sp³-hybridized carbons (Fsp3) is 0.448. The van der Waals surface area contributed by atoms with Crippen molar-refractivity contribution in [3.63, 3.8) is 0 Å². The van der Waals surface area contributed by atoms with Crippen molar-refractivity contribution in [1.29, 1.82) is 0 Å². The summed E-state index contributed by atoms with van der Waals surface area (Å²) in [5.41, 5.74) is 4.79. The van der Waals surface area contributed by atoms with E-state index in [1.807, 2.05) is 12.4 Å². The van der Waals surface area contributed by atoms with Crippen LogP contribution >= 0.6 is 0 Å². The highest BCUT2D eigenvalue weighted by Crippen LogP contribution is 2.42. The van der Waals surface area contributed by atoms with E-state index < -0.39 is 0 Å². The number of aromatic amines is 1. The van der Waals surface area contributed by atoms with Crippen LogP contribution in [0.1, 0.15) is 36.9 Å². The Morgan fingerprint density at radius 1 is 1.14 bits per heavy atom. The van der Waals surface area contributed by atoms with Crippen molar-refractivity contribution in [1.82, 2.24) is 19.9 Å². The predicted octanol–water partition coefficient (Wildman–Crippen LogP) is 4.04. The molecule has 2 N–H and O–H groups in total. The van der Waals surface area contributed by atoms with Crippen molar-refractivity contribution < 1.29 is 4.74 Å². The molecule has 1 saturated carbocycles. The molecule has 7 heteroatoms. The number of nitrogens with zero attached hydrogens (tertiary/aromatic N) is 3. The summed E-state index contributed by atoms with van der Waals surface area (Å²) in [4.78, 5) is 23.7. The summed E-state index contributed by atoms with van der Waals surface area (Å²) in [6.45, 7) is 6.17. The average Bonchev–Trinajstić information content (AvgIpc) is 3.48. The summed E-state index contributed by atoms with van der Waals surface area (Å²) >= 11 is 0. The fourth-order valence-corrected chi connectivity index (χ4v) is 6.13. The Hall–Kier alpha value is -3.16. The van der Waals surface area contributed by atoms with Crippen LogP contribution in [-0.4, -0.2) is 47.4 Å². The Morgan fingerprint density at radius 3 is 2.86 bits per heavy atom. The molecule has 3 aliphatic rings. The van der Waals surface area contributed by atoms with Gasteiger partial charge in [0.15, 0.2) is 0 Å². The molecule has 5 heterocycles. The molecule has 1 aromatic carbocycles. The maximum Gasteiger partial charge on any atom is 0.260 e. The van der Waals surface area contributed by atoms with Crippen LogP contribution in [0.25, 0.3) is 21.7 Å². The van der Waals surface area contributed by atoms with E-state index in [9.17, 15) is 4.79 Å². The number of nitrogens with one attached hydrogen (secondary N) is 2. The van der Waals surface area contributed by atoms with Crippen LogP contribution in [0.3, 0.4) is 0 Å². The van der Waals surface area contributed by atoms with E-state index in [4.69, 9.17) is 4.74 Å². The molecule has 0 amide bonds. The summed E-state index contributed by atoms with van der Waals surface area (Å²) in [5.74, 6) is 0.858. The maximum atomic E-state index is 13.4. The quantitative estimate of drug-likeness (QED) is 0.415. The standard InChI is InChI=1S/C29H33N5O2/c35-28-25-14-31-15-27(34-17-29(18-34)7-9-36-19-29)24(25)6-8-33(28)16-21-4-5-22-11-23(32-26(22)10-21)13-30-12-20-2-1-3-20/h4-6,8,10-11,14-15,20,30,32H,1-3,7,9,12-13,16-19H2. The SMILES string of the molecule is O=c1c2cncc(N3CC4(CCOC4)C3)c2ccn1Cc1ccc2cc(CNCC3CCC3)[nH]c2c1. The first-order valence-corrected chi connectivity index (χ1v) is 13.3. The second kappa shape index (κ2) is 8.75. The minimum atomic E-state index is 0.00810. The molecule has 186 valence electrons. The molecule has 0 atom stereocenters. The minimum Gasteiger partial charge on any atom is -0.381 e. The van der Waals surface area contributed by atoms with Crippen LogP contribution in [0.5, 0.6) is 0 Å². The van der Waals surface area contributed by atoms with Crippen LogP contribution in [0.4, 0.5) is 5.69 Å². The van der Waals surface area contributed by atoms with Crippen LogP contribution in [0, 0.1) is 11.3 Å². The molecule has 0 radical (unpaired) electrons. The van der Waals surface area contributed by atoms with E-state index in [2.05, 4.69) is 50.5 Å². The second-order valence-electron chi connectivity index (χ2n) is 11.2. The number of ether oxygens (including phenoxy) is 1. The Balaban J connectivity index is 1.09. The van der Waals surface area contributed by atoms with Gasteiger partial charge in [0.2, 0.25) is 0 Å². The van der Waals surface area contributed by atoms with Crippen LogP contribution in [-0.2, 0) is 17.8 Å². The van der Waals surface area contributed by atoms with Crippen LogP contribution in [0.15, 0.2) is 53.7 Å². The van der Waals surface area contributed by atoms with Crippen molar-refractivity contribution >= 4 is 27.4 Å². The molecule has 7 rings (SSSR count). The van der Waals surface area contributed by atoms with Gasteiger partial charge in [-0.15, -0.1) is 0 Å². The first-order chi connectivity index (χ1) is 17.7. The normalized spacial score (nSPS) is 19.3. The second-order valence-corrected chi connectivity index (χ2v) is 11.2. The Morgan fingerprint density at radius 2 is 2.06 bits per heavy atom. The molecule has 2 saturated heterocycles. The van der Waals surface area contributed by atoms with E-state index in [1.165, 1.54) is 30.3 Å². The number of hydrogen-bond donors (Lipinski definition) is 2. The molecular weight excluding hydrogens is 450 g/mol. The van der Waals surface area contributed by atoms with Gasteiger partial charge < -0.3 is 24.5 Å². The fourth-order valence-electron chi connectivity index (χ4n) is 6.13. The molecule has 1 spiro atoms. The van der Waals surface area contributed by atoms with E-state index in [0.717, 1.165) is 73.9 Å². The van der Waals surface area contributed by atoms with Crippen molar-refractivity contribution in [3.8, 4) is 0 Å². The molecule has 1 aliphatic carbocycles. The Bertz CT molecular complexity index is 1470. The van der Waals surface area contributed by atoms with Gasteiger partial charge in [-0.1, -0.05) is 18.6 Å².